The van der Waals surface area contributed by atoms with Gasteiger partial charge in [0.05, 0.1) is 18.8 Å². The quantitative estimate of drug-likeness (QED) is 0.413. The van der Waals surface area contributed by atoms with Crippen molar-refractivity contribution in [3.05, 3.63) is 35.9 Å². The van der Waals surface area contributed by atoms with Gasteiger partial charge in [-0.2, -0.15) is 13.2 Å². The number of pyridine rings is 1. The van der Waals surface area contributed by atoms with Gasteiger partial charge in [-0.25, -0.2) is 4.98 Å². The van der Waals surface area contributed by atoms with E-state index in [1.54, 1.807) is 10.8 Å². The lowest BCUT2D eigenvalue weighted by atomic mass is 10.1. The first-order valence-corrected chi connectivity index (χ1v) is 7.77. The van der Waals surface area contributed by atoms with Crippen LogP contribution in [0.3, 0.4) is 0 Å². The van der Waals surface area contributed by atoms with Gasteiger partial charge in [-0.3, -0.25) is 9.78 Å². The third kappa shape index (κ3) is 4.38. The highest BCUT2D eigenvalue weighted by atomic mass is 79.9. The van der Waals surface area contributed by atoms with Crippen LogP contribution in [0.2, 0.25) is 0 Å². The average molecular weight is 392 g/mol. The van der Waals surface area contributed by atoms with E-state index in [9.17, 15) is 18.0 Å². The zero-order chi connectivity index (χ0) is 16.9. The molecule has 0 spiro atoms. The number of carbonyl (C=O) groups is 1. The van der Waals surface area contributed by atoms with E-state index >= 15 is 0 Å². The van der Waals surface area contributed by atoms with Crippen molar-refractivity contribution in [2.24, 2.45) is 0 Å². The maximum atomic E-state index is 13.0. The van der Waals surface area contributed by atoms with Crippen LogP contribution in [-0.2, 0) is 17.5 Å². The summed E-state index contributed by atoms with van der Waals surface area (Å²) in [4.78, 5) is 18.4. The summed E-state index contributed by atoms with van der Waals surface area (Å²) in [6.07, 6.45) is -0.228. The van der Waals surface area contributed by atoms with Gasteiger partial charge in [-0.15, -0.1) is 0 Å². The molecule has 0 fully saturated rings. The molecule has 0 atom stereocenters. The standard InChI is InChI=1S/C14H13BrF3N3O2/c15-1-5-23-6-4-21-3-2-19-13(21)10-7-11(14(16,17)18)12(9-22)20-8-10/h2-3,7-9H,1,4-6H2. The molecule has 0 aliphatic carbocycles. The van der Waals surface area contributed by atoms with Gasteiger partial charge in [0.2, 0.25) is 0 Å². The Morgan fingerprint density at radius 2 is 2.09 bits per heavy atom. The lowest BCUT2D eigenvalue weighted by molar-refractivity contribution is -0.138. The van der Waals surface area contributed by atoms with Gasteiger partial charge >= 0.3 is 6.18 Å². The van der Waals surface area contributed by atoms with Crippen LogP contribution in [0, 0.1) is 0 Å². The third-order valence-electron chi connectivity index (χ3n) is 3.01. The fourth-order valence-corrected chi connectivity index (χ4v) is 2.22. The van der Waals surface area contributed by atoms with Crippen molar-refractivity contribution < 1.29 is 22.7 Å². The van der Waals surface area contributed by atoms with Crippen LogP contribution in [0.5, 0.6) is 0 Å². The molecule has 0 aliphatic rings. The molecule has 5 nitrogen and oxygen atoms in total. The minimum atomic E-state index is -4.66. The number of nitrogens with zero attached hydrogens (tertiary/aromatic N) is 3. The van der Waals surface area contributed by atoms with Crippen LogP contribution in [0.25, 0.3) is 11.4 Å². The van der Waals surface area contributed by atoms with Crippen LogP contribution < -0.4 is 0 Å². The normalized spacial score (nSPS) is 11.7. The van der Waals surface area contributed by atoms with Gasteiger partial charge in [0.15, 0.2) is 6.29 Å². The van der Waals surface area contributed by atoms with Crippen LogP contribution in [0.1, 0.15) is 16.1 Å². The Hall–Kier alpha value is -1.74. The van der Waals surface area contributed by atoms with Crippen molar-refractivity contribution in [1.29, 1.82) is 0 Å². The van der Waals surface area contributed by atoms with E-state index in [0.29, 0.717) is 30.9 Å². The van der Waals surface area contributed by atoms with Crippen LogP contribution >= 0.6 is 15.9 Å². The highest BCUT2D eigenvalue weighted by Crippen LogP contribution is 2.33. The van der Waals surface area contributed by atoms with E-state index < -0.39 is 17.4 Å². The molecule has 9 heteroatoms. The first kappa shape index (κ1) is 17.6. The molecule has 0 radical (unpaired) electrons. The lowest BCUT2D eigenvalue weighted by Gasteiger charge is -2.12. The molecule has 0 amide bonds. The Kier molecular flexibility index (Phi) is 5.89. The molecule has 124 valence electrons. The predicted molar refractivity (Wildman–Crippen MR) is 80.5 cm³/mol. The molecule has 2 aromatic heterocycles. The zero-order valence-corrected chi connectivity index (χ0v) is 13.5. The average Bonchev–Trinajstić information content (AvgIpc) is 2.98. The number of aromatic nitrogens is 3. The molecule has 0 N–H and O–H groups in total. The first-order valence-electron chi connectivity index (χ1n) is 6.65. The largest absolute Gasteiger partial charge is 0.418 e. The zero-order valence-electron chi connectivity index (χ0n) is 11.9. The van der Waals surface area contributed by atoms with Gasteiger partial charge in [0.1, 0.15) is 11.5 Å². The lowest BCUT2D eigenvalue weighted by Crippen LogP contribution is -2.12. The van der Waals surface area contributed by atoms with Crippen LogP contribution in [0.4, 0.5) is 13.2 Å². The van der Waals surface area contributed by atoms with E-state index in [0.717, 1.165) is 6.07 Å². The summed E-state index contributed by atoms with van der Waals surface area (Å²) in [5, 5.41) is 0.704. The summed E-state index contributed by atoms with van der Waals surface area (Å²) >= 11 is 3.23. The van der Waals surface area contributed by atoms with Crippen molar-refractivity contribution in [2.45, 2.75) is 12.7 Å². The second-order valence-electron chi connectivity index (χ2n) is 4.52. The van der Waals surface area contributed by atoms with E-state index in [4.69, 9.17) is 4.74 Å². The summed E-state index contributed by atoms with van der Waals surface area (Å²) in [6, 6.07) is 0.884. The summed E-state index contributed by atoms with van der Waals surface area (Å²) in [6.45, 7) is 1.39. The molecular weight excluding hydrogens is 379 g/mol. The third-order valence-corrected chi connectivity index (χ3v) is 3.33. The smallest absolute Gasteiger partial charge is 0.379 e. The van der Waals surface area contributed by atoms with E-state index in [-0.39, 0.29) is 11.8 Å². The molecular formula is C14H13BrF3N3O2. The molecule has 0 saturated heterocycles. The van der Waals surface area contributed by atoms with Gasteiger partial charge in [0, 0.05) is 36.0 Å². The van der Waals surface area contributed by atoms with Gasteiger partial charge < -0.3 is 9.30 Å². The molecule has 0 aliphatic heterocycles. The second-order valence-corrected chi connectivity index (χ2v) is 5.31. The van der Waals surface area contributed by atoms with Gasteiger partial charge in [-0.05, 0) is 6.07 Å². The minimum absolute atomic E-state index is 0.0905. The summed E-state index contributed by atoms with van der Waals surface area (Å²) in [5.74, 6) is 0.336. The second kappa shape index (κ2) is 7.69. The van der Waals surface area contributed by atoms with Crippen LogP contribution in [0.15, 0.2) is 24.7 Å². The van der Waals surface area contributed by atoms with Gasteiger partial charge in [-0.1, -0.05) is 15.9 Å². The van der Waals surface area contributed by atoms with Crippen molar-refractivity contribution in [2.75, 3.05) is 18.5 Å². The van der Waals surface area contributed by atoms with Crippen molar-refractivity contribution >= 4 is 22.2 Å². The number of halogens is 4. The molecule has 0 saturated carbocycles. The number of carbonyl (C=O) groups excluding carboxylic acids is 1. The molecule has 0 unspecified atom stereocenters. The molecule has 2 rings (SSSR count). The van der Waals surface area contributed by atoms with Gasteiger partial charge in [0.25, 0.3) is 0 Å². The Morgan fingerprint density at radius 1 is 1.30 bits per heavy atom. The fourth-order valence-electron chi connectivity index (χ4n) is 1.99. The molecule has 0 aromatic carbocycles. The summed E-state index contributed by atoms with van der Waals surface area (Å²) in [7, 11) is 0. The Labute approximate surface area is 138 Å². The summed E-state index contributed by atoms with van der Waals surface area (Å²) in [5.41, 5.74) is -1.52. The minimum Gasteiger partial charge on any atom is -0.379 e. The first-order chi connectivity index (χ1) is 11.0. The Bertz CT molecular complexity index is 674. The highest BCUT2D eigenvalue weighted by Gasteiger charge is 2.34. The monoisotopic (exact) mass is 391 g/mol. The Morgan fingerprint density at radius 3 is 2.74 bits per heavy atom. The maximum absolute atomic E-state index is 13.0. The SMILES string of the molecule is O=Cc1ncc(-c2nccn2CCOCCBr)cc1C(F)(F)F. The number of ether oxygens (including phenoxy) is 1. The topological polar surface area (TPSA) is 57.0 Å². The van der Waals surface area contributed by atoms with E-state index in [2.05, 4.69) is 25.9 Å². The number of alkyl halides is 4. The number of imidazole rings is 1. The van der Waals surface area contributed by atoms with E-state index in [1.165, 1.54) is 12.4 Å². The molecule has 23 heavy (non-hydrogen) atoms. The maximum Gasteiger partial charge on any atom is 0.418 e. The van der Waals surface area contributed by atoms with Crippen molar-refractivity contribution in [1.82, 2.24) is 14.5 Å². The number of hydrogen-bond acceptors (Lipinski definition) is 4. The highest BCUT2D eigenvalue weighted by molar-refractivity contribution is 9.09. The van der Waals surface area contributed by atoms with Crippen molar-refractivity contribution in [3.63, 3.8) is 0 Å². The van der Waals surface area contributed by atoms with Crippen LogP contribution in [-0.4, -0.2) is 39.4 Å². The number of aldehydes is 1. The fraction of sp³-hybridized carbons (Fsp3) is 0.357. The summed E-state index contributed by atoms with van der Waals surface area (Å²) < 4.78 is 46.0. The molecule has 2 heterocycles. The molecule has 2 aromatic rings. The van der Waals surface area contributed by atoms with E-state index in [1.807, 2.05) is 0 Å². The molecule has 0 bridgehead atoms. The number of hydrogen-bond donors (Lipinski definition) is 0. The predicted octanol–water partition coefficient (Wildman–Crippen LogP) is 3.19. The Balaban J connectivity index is 2.29. The number of rotatable bonds is 7. The van der Waals surface area contributed by atoms with Crippen molar-refractivity contribution in [3.8, 4) is 11.4 Å².